The molecule has 43 heavy (non-hydrogen) atoms. The van der Waals surface area contributed by atoms with Crippen molar-refractivity contribution in [3.8, 4) is 16.9 Å². The van der Waals surface area contributed by atoms with E-state index in [0.717, 1.165) is 23.9 Å². The number of pyridine rings is 1. The molecule has 0 saturated carbocycles. The summed E-state index contributed by atoms with van der Waals surface area (Å²) in [6, 6.07) is 10.5. The molecule has 1 saturated heterocycles. The standard InChI is InChI=1S/C30H29ClF3N3O5S/c31-19-6-8-24(39)22(16-19)26-21-15-18(30(32,33)34)5-7-23(21)35-28(40)27(26)43-17-20(38)3-1-9-36-10-12-37(13-11-36)29(41)25-4-2-14-42-25/h2,4-8,14-16,20,38-39H,1,3,9-13,17H2,(H,35,40). The van der Waals surface area contributed by atoms with Gasteiger partial charge in [0, 0.05) is 59.0 Å². The van der Waals surface area contributed by atoms with Crippen LogP contribution in [0.1, 0.15) is 29.0 Å². The molecular weight excluding hydrogens is 607 g/mol. The van der Waals surface area contributed by atoms with E-state index in [2.05, 4.69) is 9.88 Å². The van der Waals surface area contributed by atoms with Crippen molar-refractivity contribution in [3.05, 3.63) is 81.5 Å². The number of alkyl halides is 3. The van der Waals surface area contributed by atoms with Gasteiger partial charge in [-0.1, -0.05) is 11.6 Å². The molecule has 2 aromatic heterocycles. The molecule has 1 amide bonds. The summed E-state index contributed by atoms with van der Waals surface area (Å²) < 4.78 is 46.0. The van der Waals surface area contributed by atoms with E-state index < -0.39 is 23.4 Å². The first-order valence-electron chi connectivity index (χ1n) is 13.6. The molecule has 5 rings (SSSR count). The average molecular weight is 636 g/mol. The van der Waals surface area contributed by atoms with Gasteiger partial charge in [-0.2, -0.15) is 13.2 Å². The number of thioether (sulfide) groups is 1. The van der Waals surface area contributed by atoms with E-state index in [-0.39, 0.29) is 49.4 Å². The number of aliphatic hydroxyl groups is 1. The summed E-state index contributed by atoms with van der Waals surface area (Å²) >= 11 is 7.17. The lowest BCUT2D eigenvalue weighted by molar-refractivity contribution is -0.137. The van der Waals surface area contributed by atoms with Crippen LogP contribution < -0.4 is 5.56 Å². The number of hydrogen-bond donors (Lipinski definition) is 3. The molecule has 3 N–H and O–H groups in total. The van der Waals surface area contributed by atoms with Gasteiger partial charge in [-0.3, -0.25) is 14.5 Å². The number of phenolic OH excluding ortho intramolecular Hbond substituents is 1. The Hall–Kier alpha value is -3.45. The zero-order valence-electron chi connectivity index (χ0n) is 22.9. The third-order valence-corrected chi connectivity index (χ3v) is 8.81. The number of aromatic nitrogens is 1. The first kappa shape index (κ1) is 31.0. The lowest BCUT2D eigenvalue weighted by atomic mass is 9.98. The van der Waals surface area contributed by atoms with Gasteiger partial charge in [-0.25, -0.2) is 0 Å². The number of amides is 1. The van der Waals surface area contributed by atoms with E-state index in [9.17, 15) is 33.0 Å². The summed E-state index contributed by atoms with van der Waals surface area (Å²) in [5.41, 5.74) is -1.06. The summed E-state index contributed by atoms with van der Waals surface area (Å²) in [6.07, 6.45) is -2.86. The van der Waals surface area contributed by atoms with Crippen LogP contribution in [0.3, 0.4) is 0 Å². The number of aromatic amines is 1. The minimum atomic E-state index is -4.62. The average Bonchev–Trinajstić information content (AvgIpc) is 3.52. The van der Waals surface area contributed by atoms with E-state index in [1.165, 1.54) is 30.5 Å². The predicted octanol–water partition coefficient (Wildman–Crippen LogP) is 5.86. The molecule has 13 heteroatoms. The summed E-state index contributed by atoms with van der Waals surface area (Å²) in [7, 11) is 0. The van der Waals surface area contributed by atoms with Crippen molar-refractivity contribution in [2.24, 2.45) is 0 Å². The van der Waals surface area contributed by atoms with Crippen LogP contribution in [0, 0.1) is 0 Å². The number of aliphatic hydroxyl groups excluding tert-OH is 1. The van der Waals surface area contributed by atoms with Gasteiger partial charge in [0.15, 0.2) is 5.76 Å². The number of rotatable bonds is 9. The van der Waals surface area contributed by atoms with Crippen molar-refractivity contribution in [3.63, 3.8) is 0 Å². The molecule has 0 bridgehead atoms. The van der Waals surface area contributed by atoms with Crippen molar-refractivity contribution in [2.75, 3.05) is 38.5 Å². The van der Waals surface area contributed by atoms with Crippen LogP contribution in [0.2, 0.25) is 5.02 Å². The van der Waals surface area contributed by atoms with Crippen LogP contribution in [0.5, 0.6) is 5.75 Å². The van der Waals surface area contributed by atoms with Crippen LogP contribution in [-0.4, -0.2) is 75.5 Å². The predicted molar refractivity (Wildman–Crippen MR) is 159 cm³/mol. The molecule has 2 aromatic carbocycles. The molecule has 0 aliphatic carbocycles. The number of carbonyl (C=O) groups is 1. The van der Waals surface area contributed by atoms with E-state index in [1.807, 2.05) is 0 Å². The molecule has 0 radical (unpaired) electrons. The lowest BCUT2D eigenvalue weighted by Crippen LogP contribution is -2.48. The number of piperazine rings is 1. The Labute approximate surface area is 254 Å². The fraction of sp³-hybridized carbons (Fsp3) is 0.333. The maximum atomic E-state index is 13.6. The first-order valence-corrected chi connectivity index (χ1v) is 15.0. The van der Waals surface area contributed by atoms with Crippen LogP contribution in [-0.2, 0) is 6.18 Å². The van der Waals surface area contributed by atoms with Gasteiger partial charge in [0.25, 0.3) is 11.5 Å². The van der Waals surface area contributed by atoms with E-state index >= 15 is 0 Å². The third kappa shape index (κ3) is 7.20. The number of carbonyl (C=O) groups excluding carboxylic acids is 1. The van der Waals surface area contributed by atoms with Crippen molar-refractivity contribution >= 4 is 40.2 Å². The SMILES string of the molecule is O=C(c1ccco1)N1CCN(CCCC(O)CSc2c(-c3cc(Cl)ccc3O)c3cc(C(F)(F)F)ccc3[nH]c2=O)CC1. The molecule has 0 spiro atoms. The minimum absolute atomic E-state index is 0.0702. The summed E-state index contributed by atoms with van der Waals surface area (Å²) in [4.78, 5) is 32.3. The van der Waals surface area contributed by atoms with Gasteiger partial charge in [0.1, 0.15) is 5.75 Å². The highest BCUT2D eigenvalue weighted by molar-refractivity contribution is 7.99. The van der Waals surface area contributed by atoms with Crippen LogP contribution >= 0.6 is 23.4 Å². The Bertz CT molecular complexity index is 1650. The number of fused-ring (bicyclic) bond motifs is 1. The van der Waals surface area contributed by atoms with Crippen molar-refractivity contribution < 1.29 is 32.6 Å². The number of H-pyrrole nitrogens is 1. The molecule has 228 valence electrons. The van der Waals surface area contributed by atoms with Gasteiger partial charge >= 0.3 is 6.18 Å². The fourth-order valence-corrected chi connectivity index (χ4v) is 6.35. The maximum absolute atomic E-state index is 13.6. The zero-order chi connectivity index (χ0) is 30.7. The molecule has 1 atom stereocenters. The highest BCUT2D eigenvalue weighted by Gasteiger charge is 2.31. The topological polar surface area (TPSA) is 110 Å². The van der Waals surface area contributed by atoms with E-state index in [1.54, 1.807) is 17.0 Å². The molecule has 1 fully saturated rings. The third-order valence-electron chi connectivity index (χ3n) is 7.35. The second-order valence-corrected chi connectivity index (χ2v) is 11.8. The first-order chi connectivity index (χ1) is 20.5. The normalized spacial score (nSPS) is 15.2. The summed E-state index contributed by atoms with van der Waals surface area (Å²) in [5, 5.41) is 21.7. The number of nitrogens with zero attached hydrogens (tertiary/aromatic N) is 2. The number of phenols is 1. The number of furan rings is 1. The monoisotopic (exact) mass is 635 g/mol. The summed E-state index contributed by atoms with van der Waals surface area (Å²) in [6.45, 7) is 3.23. The largest absolute Gasteiger partial charge is 0.507 e. The molecule has 3 heterocycles. The smallest absolute Gasteiger partial charge is 0.416 e. The number of benzene rings is 2. The number of hydrogen-bond acceptors (Lipinski definition) is 7. The zero-order valence-corrected chi connectivity index (χ0v) is 24.4. The molecule has 1 aliphatic rings. The van der Waals surface area contributed by atoms with Crippen LogP contribution in [0.25, 0.3) is 22.0 Å². The number of aromatic hydroxyl groups is 1. The van der Waals surface area contributed by atoms with E-state index in [0.29, 0.717) is 51.3 Å². The number of nitrogens with one attached hydrogen (secondary N) is 1. The Morgan fingerprint density at radius 2 is 1.88 bits per heavy atom. The van der Waals surface area contributed by atoms with Crippen LogP contribution in [0.4, 0.5) is 13.2 Å². The Morgan fingerprint density at radius 1 is 1.12 bits per heavy atom. The van der Waals surface area contributed by atoms with Crippen molar-refractivity contribution in [1.29, 1.82) is 0 Å². The van der Waals surface area contributed by atoms with Crippen molar-refractivity contribution in [1.82, 2.24) is 14.8 Å². The molecule has 1 aliphatic heterocycles. The van der Waals surface area contributed by atoms with Gasteiger partial charge in [0.2, 0.25) is 0 Å². The van der Waals surface area contributed by atoms with Gasteiger partial charge < -0.3 is 24.5 Å². The second kappa shape index (κ2) is 13.0. The lowest BCUT2D eigenvalue weighted by Gasteiger charge is -2.34. The van der Waals surface area contributed by atoms with Gasteiger partial charge in [0.05, 0.1) is 22.8 Å². The quantitative estimate of drug-likeness (QED) is 0.198. The number of halogens is 4. The minimum Gasteiger partial charge on any atom is -0.507 e. The highest BCUT2D eigenvalue weighted by atomic mass is 35.5. The Kier molecular flexibility index (Phi) is 9.40. The second-order valence-electron chi connectivity index (χ2n) is 10.3. The Morgan fingerprint density at radius 3 is 2.58 bits per heavy atom. The molecule has 1 unspecified atom stereocenters. The fourth-order valence-electron chi connectivity index (χ4n) is 5.11. The molecule has 4 aromatic rings. The summed E-state index contributed by atoms with van der Waals surface area (Å²) in [5.74, 6) is 0.0320. The molecule has 8 nitrogen and oxygen atoms in total. The van der Waals surface area contributed by atoms with E-state index in [4.69, 9.17) is 16.0 Å². The van der Waals surface area contributed by atoms with Crippen molar-refractivity contribution in [2.45, 2.75) is 30.0 Å². The highest BCUT2D eigenvalue weighted by Crippen LogP contribution is 2.42. The van der Waals surface area contributed by atoms with Gasteiger partial charge in [-0.15, -0.1) is 11.8 Å². The maximum Gasteiger partial charge on any atom is 0.416 e. The van der Waals surface area contributed by atoms with Gasteiger partial charge in [-0.05, 0) is 67.9 Å². The Balaban J connectivity index is 1.26. The van der Waals surface area contributed by atoms with Crippen LogP contribution in [0.15, 0.2) is 68.9 Å². The molecular formula is C30H29ClF3N3O5S.